The number of fused-ring (bicyclic) bond motifs is 1. The number of hydrogen-bond donors (Lipinski definition) is 0. The molecule has 1 aliphatic heterocycles. The summed E-state index contributed by atoms with van der Waals surface area (Å²) >= 11 is 0. The zero-order chi connectivity index (χ0) is 28.4. The molecule has 14 atom stereocenters. The summed E-state index contributed by atoms with van der Waals surface area (Å²) in [7, 11) is 0. The molecule has 4 bridgehead atoms. The van der Waals surface area contributed by atoms with Crippen LogP contribution in [0.4, 0.5) is 0 Å². The highest BCUT2D eigenvalue weighted by molar-refractivity contribution is 5.39. The van der Waals surface area contributed by atoms with Crippen LogP contribution >= 0.6 is 0 Å². The van der Waals surface area contributed by atoms with Crippen LogP contribution in [0, 0.1) is 79.3 Å². The van der Waals surface area contributed by atoms with Crippen molar-refractivity contribution in [3.8, 4) is 0 Å². The van der Waals surface area contributed by atoms with Crippen molar-refractivity contribution in [2.45, 2.75) is 135 Å². The van der Waals surface area contributed by atoms with E-state index < -0.39 is 0 Å². The number of allylic oxidation sites excluding steroid dienone is 1. The molecule has 216 valence electrons. The van der Waals surface area contributed by atoms with Crippen LogP contribution in [0.5, 0.6) is 0 Å². The molecule has 0 aromatic rings. The quantitative estimate of drug-likeness (QED) is 0.310. The predicted molar refractivity (Wildman–Crippen MR) is 163 cm³/mol. The summed E-state index contributed by atoms with van der Waals surface area (Å²) in [6, 6.07) is 1.24. The third-order valence-electron chi connectivity index (χ3n) is 18.2. The first-order valence-corrected chi connectivity index (χ1v) is 16.8. The number of nitrogens with zero attached hydrogens (tertiary/aromatic N) is 1. The number of hydrogen-bond acceptors (Lipinski definition) is 1. The highest BCUT2D eigenvalue weighted by Gasteiger charge is 2.88. The molecule has 5 aliphatic carbocycles. The molecule has 1 heteroatoms. The lowest BCUT2D eigenvalue weighted by molar-refractivity contribution is -0.399. The van der Waals surface area contributed by atoms with E-state index in [9.17, 15) is 0 Å². The monoisotopic (exact) mass is 521 g/mol. The number of piperidine rings is 1. The highest BCUT2D eigenvalue weighted by atomic mass is 15.2. The van der Waals surface area contributed by atoms with Crippen molar-refractivity contribution in [2.24, 2.45) is 79.3 Å². The van der Waals surface area contributed by atoms with Gasteiger partial charge in [0, 0.05) is 12.1 Å². The molecule has 1 heterocycles. The second-order valence-electron chi connectivity index (χ2n) is 18.1. The lowest BCUT2D eigenvalue weighted by Gasteiger charge is -2.88. The van der Waals surface area contributed by atoms with Crippen LogP contribution in [0.3, 0.4) is 0 Å². The van der Waals surface area contributed by atoms with Gasteiger partial charge in [0.25, 0.3) is 0 Å². The second-order valence-corrected chi connectivity index (χ2v) is 18.1. The average molecular weight is 522 g/mol. The molecule has 5 saturated carbocycles. The molecule has 0 aromatic carbocycles. The first-order valence-electron chi connectivity index (χ1n) is 16.8. The van der Waals surface area contributed by atoms with E-state index in [1.165, 1.54) is 32.2 Å². The predicted octanol–water partition coefficient (Wildman–Crippen LogP) is 9.72. The molecular formula is C37H63N. The molecule has 0 N–H and O–H groups in total. The van der Waals surface area contributed by atoms with Crippen LogP contribution in [-0.4, -0.2) is 23.5 Å². The standard InChI is InChI=1S/C37H63N/c1-16-38-26(7)34(14)24(5)21(2)19-37(27(38)8)30(34)31(9,10)25(6)36-20-23(4)33(13)22(3)17-28(18-29(33)36)32(11,12)35(36,37)15/h21,23-30H,3,16-20H2,1-2,4-15H3. The summed E-state index contributed by atoms with van der Waals surface area (Å²) in [4.78, 5) is 3.01. The fourth-order valence-corrected chi connectivity index (χ4v) is 15.8. The largest absolute Gasteiger partial charge is 0.297 e. The Morgan fingerprint density at radius 3 is 2.03 bits per heavy atom. The van der Waals surface area contributed by atoms with Gasteiger partial charge in [-0.3, -0.25) is 4.90 Å². The Labute approximate surface area is 237 Å². The summed E-state index contributed by atoms with van der Waals surface area (Å²) in [5, 5.41) is 0. The van der Waals surface area contributed by atoms with Crippen LogP contribution in [0.15, 0.2) is 12.2 Å². The Kier molecular flexibility index (Phi) is 5.40. The fourth-order valence-electron chi connectivity index (χ4n) is 15.8. The molecule has 0 aromatic heterocycles. The Bertz CT molecular complexity index is 1050. The van der Waals surface area contributed by atoms with Crippen LogP contribution in [-0.2, 0) is 0 Å². The highest BCUT2D eigenvalue weighted by Crippen LogP contribution is 2.92. The lowest BCUT2D eigenvalue weighted by Crippen LogP contribution is -2.86. The Morgan fingerprint density at radius 2 is 1.45 bits per heavy atom. The molecule has 14 unspecified atom stereocenters. The maximum absolute atomic E-state index is 4.90. The number of likely N-dealkylation sites (tertiary alicyclic amines) is 1. The fraction of sp³-hybridized carbons (Fsp3) is 0.946. The van der Waals surface area contributed by atoms with Gasteiger partial charge in [0.1, 0.15) is 0 Å². The molecule has 6 aliphatic rings. The van der Waals surface area contributed by atoms with Gasteiger partial charge in [-0.1, -0.05) is 95.2 Å². The third kappa shape index (κ3) is 2.30. The van der Waals surface area contributed by atoms with E-state index in [0.29, 0.717) is 45.1 Å². The zero-order valence-corrected chi connectivity index (χ0v) is 27.9. The summed E-state index contributed by atoms with van der Waals surface area (Å²) < 4.78 is 0. The smallest absolute Gasteiger partial charge is 0.0135 e. The molecule has 1 nitrogen and oxygen atoms in total. The van der Waals surface area contributed by atoms with E-state index in [2.05, 4.69) is 102 Å². The lowest BCUT2D eigenvalue weighted by atomic mass is 9.18. The van der Waals surface area contributed by atoms with Crippen LogP contribution in [0.1, 0.15) is 123 Å². The van der Waals surface area contributed by atoms with Crippen molar-refractivity contribution in [2.75, 3.05) is 6.54 Å². The van der Waals surface area contributed by atoms with Gasteiger partial charge >= 0.3 is 0 Å². The van der Waals surface area contributed by atoms with Crippen molar-refractivity contribution >= 4 is 0 Å². The van der Waals surface area contributed by atoms with Crippen molar-refractivity contribution in [3.05, 3.63) is 12.2 Å². The molecule has 6 rings (SSSR count). The maximum Gasteiger partial charge on any atom is 0.0135 e. The average Bonchev–Trinajstić information content (AvgIpc) is 3.08. The minimum atomic E-state index is 0.287. The SMILES string of the molecule is C=C1CC2CC3C1(C)C(C)CC31C(C)C(C)(C)C3C4(C)C(C)C(C)CC3(C(C)N(CC)C4C)C1(C)C2(C)C. The van der Waals surface area contributed by atoms with Gasteiger partial charge in [-0.2, -0.15) is 0 Å². The molecular weight excluding hydrogens is 458 g/mol. The van der Waals surface area contributed by atoms with Gasteiger partial charge in [0.15, 0.2) is 0 Å². The minimum Gasteiger partial charge on any atom is -0.297 e. The van der Waals surface area contributed by atoms with E-state index in [-0.39, 0.29) is 10.8 Å². The van der Waals surface area contributed by atoms with Gasteiger partial charge in [-0.15, -0.1) is 0 Å². The minimum absolute atomic E-state index is 0.287. The third-order valence-corrected chi connectivity index (χ3v) is 18.2. The molecule has 1 spiro atoms. The topological polar surface area (TPSA) is 3.24 Å². The summed E-state index contributed by atoms with van der Waals surface area (Å²) in [6.45, 7) is 44.1. The van der Waals surface area contributed by atoms with Crippen molar-refractivity contribution in [3.63, 3.8) is 0 Å². The maximum atomic E-state index is 4.90. The van der Waals surface area contributed by atoms with E-state index in [4.69, 9.17) is 6.58 Å². The molecule has 6 fully saturated rings. The van der Waals surface area contributed by atoms with Crippen molar-refractivity contribution < 1.29 is 0 Å². The molecule has 0 radical (unpaired) electrons. The van der Waals surface area contributed by atoms with E-state index in [1.807, 2.05) is 0 Å². The molecule has 0 amide bonds. The first kappa shape index (κ1) is 27.8. The van der Waals surface area contributed by atoms with E-state index >= 15 is 0 Å². The van der Waals surface area contributed by atoms with Crippen LogP contribution in [0.2, 0.25) is 0 Å². The number of rotatable bonds is 1. The van der Waals surface area contributed by atoms with Gasteiger partial charge in [-0.25, -0.2) is 0 Å². The second kappa shape index (κ2) is 7.36. The van der Waals surface area contributed by atoms with E-state index in [0.717, 1.165) is 35.5 Å². The summed E-state index contributed by atoms with van der Waals surface area (Å²) in [5.41, 5.74) is 3.79. The van der Waals surface area contributed by atoms with Gasteiger partial charge < -0.3 is 0 Å². The van der Waals surface area contributed by atoms with Gasteiger partial charge in [0.2, 0.25) is 0 Å². The van der Waals surface area contributed by atoms with Crippen molar-refractivity contribution in [1.29, 1.82) is 0 Å². The van der Waals surface area contributed by atoms with E-state index in [1.54, 1.807) is 5.57 Å². The normalized spacial score (nSPS) is 62.3. The van der Waals surface area contributed by atoms with Gasteiger partial charge in [-0.05, 0) is 125 Å². The first-order chi connectivity index (χ1) is 17.3. The Balaban J connectivity index is 1.77. The molecule has 38 heavy (non-hydrogen) atoms. The van der Waals surface area contributed by atoms with Crippen LogP contribution in [0.25, 0.3) is 0 Å². The van der Waals surface area contributed by atoms with Crippen LogP contribution < -0.4 is 0 Å². The summed E-state index contributed by atoms with van der Waals surface area (Å²) in [5.74, 6) is 5.26. The molecule has 1 saturated heterocycles. The van der Waals surface area contributed by atoms with Gasteiger partial charge in [0.05, 0.1) is 0 Å². The zero-order valence-electron chi connectivity index (χ0n) is 27.9. The van der Waals surface area contributed by atoms with Crippen molar-refractivity contribution in [1.82, 2.24) is 4.90 Å². The Hall–Kier alpha value is -0.300. The Morgan fingerprint density at radius 1 is 0.842 bits per heavy atom. The summed E-state index contributed by atoms with van der Waals surface area (Å²) in [6.07, 6.45) is 5.53.